The van der Waals surface area contributed by atoms with Crippen molar-refractivity contribution in [3.63, 3.8) is 0 Å². The van der Waals surface area contributed by atoms with E-state index in [4.69, 9.17) is 24.7 Å². The van der Waals surface area contributed by atoms with E-state index in [-0.39, 0.29) is 12.0 Å². The zero-order chi connectivity index (χ0) is 14.0. The smallest absolute Gasteiger partial charge is 0.374 e. The van der Waals surface area contributed by atoms with Crippen LogP contribution in [0.25, 0.3) is 0 Å². The zero-order valence-electron chi connectivity index (χ0n) is 12.3. The molecule has 0 radical (unpaired) electrons. The second kappa shape index (κ2) is 9.88. The molecule has 0 aromatic carbocycles. The molecule has 2 atom stereocenters. The lowest BCUT2D eigenvalue weighted by atomic mass is 10.0. The molecule has 0 aliphatic carbocycles. The first kappa shape index (κ1) is 18.0. The van der Waals surface area contributed by atoms with Gasteiger partial charge in [-0.1, -0.05) is 6.92 Å². The second-order valence-electron chi connectivity index (χ2n) is 4.25. The van der Waals surface area contributed by atoms with Crippen molar-refractivity contribution in [1.82, 2.24) is 0 Å². The molecule has 5 nitrogen and oxygen atoms in total. The van der Waals surface area contributed by atoms with Crippen LogP contribution in [-0.2, 0) is 13.3 Å². The molecular weight excluding hydrogens is 248 g/mol. The van der Waals surface area contributed by atoms with Gasteiger partial charge >= 0.3 is 8.80 Å². The van der Waals surface area contributed by atoms with Gasteiger partial charge < -0.3 is 24.7 Å². The Morgan fingerprint density at radius 1 is 0.944 bits per heavy atom. The van der Waals surface area contributed by atoms with Crippen molar-refractivity contribution in [2.45, 2.75) is 46.2 Å². The molecule has 2 unspecified atom stereocenters. The minimum atomic E-state index is -2.62. The molecular formula is C12H30N2O3Si. The summed E-state index contributed by atoms with van der Waals surface area (Å²) < 4.78 is 17.5. The van der Waals surface area contributed by atoms with Gasteiger partial charge in [0.05, 0.1) is 0 Å². The Labute approximate surface area is 113 Å². The lowest BCUT2D eigenvalue weighted by molar-refractivity contribution is 0.0660. The zero-order valence-corrected chi connectivity index (χ0v) is 13.3. The van der Waals surface area contributed by atoms with Gasteiger partial charge in [0.1, 0.15) is 0 Å². The Morgan fingerprint density at radius 2 is 1.39 bits per heavy atom. The number of nitrogens with two attached hydrogens (primary N) is 2. The maximum atomic E-state index is 6.10. The van der Waals surface area contributed by atoms with Crippen molar-refractivity contribution < 1.29 is 13.3 Å². The highest BCUT2D eigenvalue weighted by molar-refractivity contribution is 6.60. The third-order valence-corrected chi connectivity index (χ3v) is 6.19. The molecule has 0 rings (SSSR count). The predicted molar refractivity (Wildman–Crippen MR) is 76.2 cm³/mol. The van der Waals surface area contributed by atoms with Crippen LogP contribution in [0.15, 0.2) is 0 Å². The van der Waals surface area contributed by atoms with Crippen LogP contribution in [0.1, 0.15) is 34.1 Å². The molecule has 0 heterocycles. The summed E-state index contributed by atoms with van der Waals surface area (Å²) in [5.74, 6) is 0.186. The van der Waals surface area contributed by atoms with Crippen LogP contribution in [0.5, 0.6) is 0 Å². The summed E-state index contributed by atoms with van der Waals surface area (Å²) in [5, 5.41) is 0. The van der Waals surface area contributed by atoms with E-state index in [0.717, 1.165) is 6.42 Å². The molecule has 0 bridgehead atoms. The first-order valence-corrected chi connectivity index (χ1v) is 8.89. The fourth-order valence-electron chi connectivity index (χ4n) is 2.03. The van der Waals surface area contributed by atoms with Gasteiger partial charge in [-0.2, -0.15) is 0 Å². The van der Waals surface area contributed by atoms with Crippen molar-refractivity contribution in [3.05, 3.63) is 0 Å². The van der Waals surface area contributed by atoms with Crippen LogP contribution >= 0.6 is 0 Å². The standard InChI is InChI=1S/C12H30N2O3Si/c1-5-12(14)11(9-13)10-18(15-6-2,16-7-3)17-8-4/h11-12H,5-10,13-14H2,1-4H3. The molecule has 0 aliphatic heterocycles. The van der Waals surface area contributed by atoms with Crippen LogP contribution in [-0.4, -0.2) is 41.2 Å². The van der Waals surface area contributed by atoms with Gasteiger partial charge in [0.15, 0.2) is 0 Å². The van der Waals surface area contributed by atoms with E-state index in [1.165, 1.54) is 0 Å². The summed E-state index contributed by atoms with van der Waals surface area (Å²) in [6.07, 6.45) is 0.900. The average molecular weight is 278 g/mol. The molecule has 110 valence electrons. The van der Waals surface area contributed by atoms with Crippen LogP contribution in [0.4, 0.5) is 0 Å². The molecule has 4 N–H and O–H groups in total. The fraction of sp³-hybridized carbons (Fsp3) is 1.00. The number of hydrogen-bond donors (Lipinski definition) is 2. The fourth-order valence-corrected chi connectivity index (χ4v) is 5.06. The SMILES string of the molecule is CCO[Si](CC(CN)C(N)CC)(OCC)OCC. The normalized spacial score (nSPS) is 15.7. The van der Waals surface area contributed by atoms with E-state index in [9.17, 15) is 0 Å². The Balaban J connectivity index is 4.80. The van der Waals surface area contributed by atoms with Crippen LogP contribution in [0, 0.1) is 5.92 Å². The van der Waals surface area contributed by atoms with Crippen LogP contribution in [0.2, 0.25) is 6.04 Å². The molecule has 0 spiro atoms. The Hall–Kier alpha value is 0.0169. The molecule has 6 heteroatoms. The molecule has 0 saturated heterocycles. The summed E-state index contributed by atoms with van der Waals surface area (Å²) in [6.45, 7) is 10.2. The molecule has 0 aliphatic rings. The molecule has 18 heavy (non-hydrogen) atoms. The molecule has 0 saturated carbocycles. The highest BCUT2D eigenvalue weighted by Gasteiger charge is 2.43. The van der Waals surface area contributed by atoms with Crippen molar-refractivity contribution in [2.75, 3.05) is 26.4 Å². The van der Waals surface area contributed by atoms with Gasteiger partial charge in [0, 0.05) is 31.9 Å². The van der Waals surface area contributed by atoms with Gasteiger partial charge in [-0.15, -0.1) is 0 Å². The number of rotatable bonds is 11. The molecule has 0 amide bonds. The third-order valence-electron chi connectivity index (χ3n) is 2.98. The minimum absolute atomic E-state index is 0.0724. The lowest BCUT2D eigenvalue weighted by Gasteiger charge is -2.33. The van der Waals surface area contributed by atoms with Gasteiger partial charge in [-0.05, 0) is 39.7 Å². The highest BCUT2D eigenvalue weighted by atomic mass is 28.4. The maximum absolute atomic E-state index is 6.10. The largest absolute Gasteiger partial charge is 0.501 e. The summed E-state index contributed by atoms with van der Waals surface area (Å²) in [7, 11) is -2.62. The van der Waals surface area contributed by atoms with E-state index in [1.807, 2.05) is 20.8 Å². The predicted octanol–water partition coefficient (Wildman–Crippen LogP) is 1.35. The molecule has 0 aromatic heterocycles. The van der Waals surface area contributed by atoms with E-state index < -0.39 is 8.80 Å². The minimum Gasteiger partial charge on any atom is -0.374 e. The van der Waals surface area contributed by atoms with Crippen molar-refractivity contribution in [1.29, 1.82) is 0 Å². The van der Waals surface area contributed by atoms with Crippen molar-refractivity contribution in [3.8, 4) is 0 Å². The highest BCUT2D eigenvalue weighted by Crippen LogP contribution is 2.23. The van der Waals surface area contributed by atoms with Gasteiger partial charge in [0.25, 0.3) is 0 Å². The second-order valence-corrected chi connectivity index (χ2v) is 6.89. The molecule has 0 fully saturated rings. The van der Waals surface area contributed by atoms with Crippen LogP contribution < -0.4 is 11.5 Å². The third kappa shape index (κ3) is 5.77. The van der Waals surface area contributed by atoms with Gasteiger partial charge in [-0.3, -0.25) is 0 Å². The first-order valence-electron chi connectivity index (χ1n) is 6.96. The number of hydrogen-bond acceptors (Lipinski definition) is 5. The van der Waals surface area contributed by atoms with Gasteiger partial charge in [-0.25, -0.2) is 0 Å². The monoisotopic (exact) mass is 278 g/mol. The summed E-state index contributed by atoms with van der Waals surface area (Å²) in [6, 6.07) is 0.775. The first-order chi connectivity index (χ1) is 8.59. The summed E-state index contributed by atoms with van der Waals surface area (Å²) >= 11 is 0. The summed E-state index contributed by atoms with van der Waals surface area (Å²) in [5.41, 5.74) is 11.9. The lowest BCUT2D eigenvalue weighted by Crippen LogP contribution is -2.51. The maximum Gasteiger partial charge on any atom is 0.501 e. The summed E-state index contributed by atoms with van der Waals surface area (Å²) in [4.78, 5) is 0. The Bertz CT molecular complexity index is 191. The van der Waals surface area contributed by atoms with Crippen molar-refractivity contribution >= 4 is 8.80 Å². The van der Waals surface area contributed by atoms with E-state index >= 15 is 0 Å². The Kier molecular flexibility index (Phi) is 9.89. The average Bonchev–Trinajstić information content (AvgIpc) is 2.36. The Morgan fingerprint density at radius 3 is 1.67 bits per heavy atom. The molecule has 0 aromatic rings. The van der Waals surface area contributed by atoms with Crippen molar-refractivity contribution in [2.24, 2.45) is 17.4 Å². The quantitative estimate of drug-likeness (QED) is 0.558. The van der Waals surface area contributed by atoms with E-state index in [2.05, 4.69) is 6.92 Å². The van der Waals surface area contributed by atoms with Gasteiger partial charge in [0.2, 0.25) is 0 Å². The van der Waals surface area contributed by atoms with E-state index in [1.54, 1.807) is 0 Å². The van der Waals surface area contributed by atoms with Crippen LogP contribution in [0.3, 0.4) is 0 Å². The van der Waals surface area contributed by atoms with E-state index in [0.29, 0.717) is 32.4 Å². The topological polar surface area (TPSA) is 79.7 Å².